The highest BCUT2D eigenvalue weighted by atomic mass is 16.4. The number of carboxylic acids is 2. The zero-order chi connectivity index (χ0) is 22.9. The highest BCUT2D eigenvalue weighted by Gasteiger charge is 2.42. The minimum atomic E-state index is -0.817. The van der Waals surface area contributed by atoms with Gasteiger partial charge >= 0.3 is 11.9 Å². The Balaban J connectivity index is 1.24. The monoisotopic (exact) mass is 454 g/mol. The van der Waals surface area contributed by atoms with E-state index in [4.69, 9.17) is 0 Å². The number of piperidine rings is 1. The highest BCUT2D eigenvalue weighted by Crippen LogP contribution is 2.40. The van der Waals surface area contributed by atoms with E-state index in [1.54, 1.807) is 4.80 Å². The fraction of sp³-hybridized carbons (Fsp3) is 0.609. The van der Waals surface area contributed by atoms with Crippen LogP contribution >= 0.6 is 0 Å². The second-order valence-corrected chi connectivity index (χ2v) is 9.73. The lowest BCUT2D eigenvalue weighted by atomic mass is 9.69. The Morgan fingerprint density at radius 3 is 2.61 bits per heavy atom. The first kappa shape index (κ1) is 22.0. The van der Waals surface area contributed by atoms with Gasteiger partial charge < -0.3 is 15.5 Å². The van der Waals surface area contributed by atoms with Crippen molar-refractivity contribution >= 4 is 11.9 Å². The second kappa shape index (κ2) is 9.18. The number of hydrogen-bond donors (Lipinski definition) is 3. The van der Waals surface area contributed by atoms with Gasteiger partial charge in [-0.15, -0.1) is 10.2 Å². The van der Waals surface area contributed by atoms with Crippen molar-refractivity contribution in [2.24, 2.45) is 17.8 Å². The molecule has 5 rings (SSSR count). The van der Waals surface area contributed by atoms with Crippen LogP contribution < -0.4 is 5.32 Å². The molecule has 0 bridgehead atoms. The summed E-state index contributed by atoms with van der Waals surface area (Å²) in [5.74, 6) is 0.231. The van der Waals surface area contributed by atoms with Gasteiger partial charge in [0, 0.05) is 18.7 Å². The minimum Gasteiger partial charge on any atom is -0.480 e. The molecule has 3 fully saturated rings. The molecule has 1 aromatic carbocycles. The third-order valence-corrected chi connectivity index (χ3v) is 7.66. The SMILES string of the molecule is O=C(O)[C@@H]1C[C@H]2C[C@@H](CN3C[C@@H](n4nnc(-c5ccccc5)n4)C[C@H]3C(=O)O)CC[C@H]2CN1. The summed E-state index contributed by atoms with van der Waals surface area (Å²) >= 11 is 0. The van der Waals surface area contributed by atoms with Gasteiger partial charge in [0.1, 0.15) is 12.1 Å². The first-order valence-corrected chi connectivity index (χ1v) is 11.8. The predicted octanol–water partition coefficient (Wildman–Crippen LogP) is 1.52. The molecule has 0 amide bonds. The van der Waals surface area contributed by atoms with Gasteiger partial charge in [-0.05, 0) is 61.6 Å². The van der Waals surface area contributed by atoms with E-state index in [0.29, 0.717) is 49.5 Å². The molecule has 3 N–H and O–H groups in total. The predicted molar refractivity (Wildman–Crippen MR) is 118 cm³/mol. The molecule has 2 saturated heterocycles. The van der Waals surface area contributed by atoms with Crippen molar-refractivity contribution in [2.75, 3.05) is 19.6 Å². The van der Waals surface area contributed by atoms with Gasteiger partial charge in [-0.1, -0.05) is 30.3 Å². The van der Waals surface area contributed by atoms with E-state index in [-0.39, 0.29) is 6.04 Å². The van der Waals surface area contributed by atoms with Gasteiger partial charge in [-0.3, -0.25) is 14.5 Å². The first-order valence-electron chi connectivity index (χ1n) is 11.8. The van der Waals surface area contributed by atoms with Crippen molar-refractivity contribution in [3.05, 3.63) is 30.3 Å². The summed E-state index contributed by atoms with van der Waals surface area (Å²) in [5, 5.41) is 35.3. The molecular formula is C23H30N6O4. The highest BCUT2D eigenvalue weighted by molar-refractivity contribution is 5.74. The van der Waals surface area contributed by atoms with Crippen LogP contribution in [0, 0.1) is 17.8 Å². The molecule has 1 saturated carbocycles. The Labute approximate surface area is 192 Å². The number of nitrogens with one attached hydrogen (secondary N) is 1. The fourth-order valence-electron chi connectivity index (χ4n) is 5.93. The van der Waals surface area contributed by atoms with Crippen molar-refractivity contribution in [1.29, 1.82) is 0 Å². The minimum absolute atomic E-state index is 0.136. The average molecular weight is 455 g/mol. The van der Waals surface area contributed by atoms with Crippen LogP contribution in [0.2, 0.25) is 0 Å². The number of benzene rings is 1. The molecule has 10 heteroatoms. The maximum atomic E-state index is 12.0. The van der Waals surface area contributed by atoms with E-state index >= 15 is 0 Å². The molecule has 0 unspecified atom stereocenters. The van der Waals surface area contributed by atoms with Crippen LogP contribution in [-0.2, 0) is 9.59 Å². The maximum Gasteiger partial charge on any atom is 0.321 e. The van der Waals surface area contributed by atoms with E-state index < -0.39 is 24.0 Å². The molecule has 3 heterocycles. The summed E-state index contributed by atoms with van der Waals surface area (Å²) in [6.07, 6.45) is 4.18. The number of nitrogens with zero attached hydrogens (tertiary/aromatic N) is 5. The van der Waals surface area contributed by atoms with Gasteiger partial charge in [-0.2, -0.15) is 4.80 Å². The molecule has 0 radical (unpaired) electrons. The fourth-order valence-corrected chi connectivity index (χ4v) is 5.93. The molecule has 0 spiro atoms. The number of carboxylic acid groups (broad SMARTS) is 2. The molecular weight excluding hydrogens is 424 g/mol. The van der Waals surface area contributed by atoms with Crippen molar-refractivity contribution in [3.8, 4) is 11.4 Å². The largest absolute Gasteiger partial charge is 0.480 e. The van der Waals surface area contributed by atoms with Gasteiger partial charge in [0.25, 0.3) is 0 Å². The van der Waals surface area contributed by atoms with Crippen LogP contribution in [-0.4, -0.2) is 79.0 Å². The lowest BCUT2D eigenvalue weighted by Gasteiger charge is -2.42. The van der Waals surface area contributed by atoms with Crippen LogP contribution in [0.25, 0.3) is 11.4 Å². The molecule has 2 aliphatic heterocycles. The first-order chi connectivity index (χ1) is 16.0. The van der Waals surface area contributed by atoms with E-state index in [1.165, 1.54) is 0 Å². The second-order valence-electron chi connectivity index (χ2n) is 9.73. The average Bonchev–Trinajstić information content (AvgIpc) is 3.47. The number of rotatable bonds is 6. The van der Waals surface area contributed by atoms with Crippen LogP contribution in [0.15, 0.2) is 30.3 Å². The standard InChI is InChI=1S/C23H30N6O4/c30-22(31)19-9-17-8-14(6-7-16(17)11-24-19)12-28-13-18(10-20(28)23(32)33)29-26-21(25-27-29)15-4-2-1-3-5-15/h1-5,14,16-20,24H,6-13H2,(H,30,31)(H,32,33)/t14-,16-,17+,18-,19-,20-/m0/s1. The summed E-state index contributed by atoms with van der Waals surface area (Å²) < 4.78 is 0. The third-order valence-electron chi connectivity index (χ3n) is 7.66. The number of carbonyl (C=O) groups is 2. The van der Waals surface area contributed by atoms with Crippen LogP contribution in [0.5, 0.6) is 0 Å². The number of likely N-dealkylation sites (tertiary alicyclic amines) is 1. The number of hydrogen-bond acceptors (Lipinski definition) is 7. The molecule has 1 aliphatic carbocycles. The molecule has 6 atom stereocenters. The van der Waals surface area contributed by atoms with Gasteiger partial charge in [0.15, 0.2) is 0 Å². The molecule has 10 nitrogen and oxygen atoms in total. The van der Waals surface area contributed by atoms with Gasteiger partial charge in [-0.25, -0.2) is 0 Å². The third kappa shape index (κ3) is 4.63. The summed E-state index contributed by atoms with van der Waals surface area (Å²) in [5.41, 5.74) is 0.881. The van der Waals surface area contributed by atoms with Gasteiger partial charge in [0.05, 0.1) is 6.04 Å². The van der Waals surface area contributed by atoms with Crippen LogP contribution in [0.3, 0.4) is 0 Å². The number of aliphatic carboxylic acids is 2. The Hall–Kier alpha value is -2.85. The lowest BCUT2D eigenvalue weighted by molar-refractivity contribution is -0.143. The lowest BCUT2D eigenvalue weighted by Crippen LogP contribution is -2.50. The molecule has 33 heavy (non-hydrogen) atoms. The smallest absolute Gasteiger partial charge is 0.321 e. The number of tetrazole rings is 1. The van der Waals surface area contributed by atoms with Gasteiger partial charge in [0.2, 0.25) is 5.82 Å². The Kier molecular flexibility index (Phi) is 6.11. The van der Waals surface area contributed by atoms with E-state index in [1.807, 2.05) is 30.3 Å². The van der Waals surface area contributed by atoms with Crippen molar-refractivity contribution in [2.45, 2.75) is 50.2 Å². The zero-order valence-corrected chi connectivity index (χ0v) is 18.5. The van der Waals surface area contributed by atoms with Crippen molar-refractivity contribution < 1.29 is 19.8 Å². The van der Waals surface area contributed by atoms with E-state index in [2.05, 4.69) is 25.6 Å². The zero-order valence-electron chi connectivity index (χ0n) is 18.5. The van der Waals surface area contributed by atoms with Crippen molar-refractivity contribution in [1.82, 2.24) is 30.4 Å². The van der Waals surface area contributed by atoms with E-state index in [9.17, 15) is 19.8 Å². The molecule has 176 valence electrons. The van der Waals surface area contributed by atoms with E-state index in [0.717, 1.165) is 31.4 Å². The molecule has 3 aliphatic rings. The molecule has 2 aromatic rings. The van der Waals surface area contributed by atoms with Crippen molar-refractivity contribution in [3.63, 3.8) is 0 Å². The maximum absolute atomic E-state index is 12.0. The summed E-state index contributed by atoms with van der Waals surface area (Å²) in [7, 11) is 0. The number of aromatic nitrogens is 4. The Bertz CT molecular complexity index is 998. The van der Waals surface area contributed by atoms with Crippen LogP contribution in [0.4, 0.5) is 0 Å². The summed E-state index contributed by atoms with van der Waals surface area (Å²) in [4.78, 5) is 27.1. The molecule has 1 aromatic heterocycles. The summed E-state index contributed by atoms with van der Waals surface area (Å²) in [6.45, 7) is 2.05. The quantitative estimate of drug-likeness (QED) is 0.594. The van der Waals surface area contributed by atoms with Crippen LogP contribution in [0.1, 0.15) is 38.1 Å². The number of fused-ring (bicyclic) bond motifs is 1. The topological polar surface area (TPSA) is 133 Å². The normalized spacial score (nSPS) is 32.4. The Morgan fingerprint density at radius 2 is 1.85 bits per heavy atom. The summed E-state index contributed by atoms with van der Waals surface area (Å²) in [6, 6.07) is 8.45. The Morgan fingerprint density at radius 1 is 1.03 bits per heavy atom.